The monoisotopic (exact) mass is 220 g/mol. The van der Waals surface area contributed by atoms with E-state index in [1.54, 1.807) is 0 Å². The number of hydrogen-bond donors (Lipinski definition) is 0. The average Bonchev–Trinajstić information content (AvgIpc) is 2.72. The van der Waals surface area contributed by atoms with Crippen LogP contribution in [0.3, 0.4) is 0 Å². The molecule has 0 amide bonds. The average molecular weight is 220 g/mol. The van der Waals surface area contributed by atoms with Crippen molar-refractivity contribution >= 4 is 0 Å². The van der Waals surface area contributed by atoms with Crippen molar-refractivity contribution in [1.29, 1.82) is 0 Å². The summed E-state index contributed by atoms with van der Waals surface area (Å²) in [6.45, 7) is 4.14. The van der Waals surface area contributed by atoms with Gasteiger partial charge in [0.2, 0.25) is 0 Å². The zero-order valence-electron chi connectivity index (χ0n) is 10.5. The first-order chi connectivity index (χ1) is 7.74. The fourth-order valence-electron chi connectivity index (χ4n) is 4.88. The van der Waals surface area contributed by atoms with Crippen LogP contribution in [-0.2, 0) is 0 Å². The lowest BCUT2D eigenvalue weighted by Gasteiger charge is -2.53. The Labute approximate surface area is 99.0 Å². The second-order valence-electron chi connectivity index (χ2n) is 6.93. The van der Waals surface area contributed by atoms with Crippen LogP contribution in [0.5, 0.6) is 0 Å². The normalized spacial score (nSPS) is 46.7. The first-order valence-corrected chi connectivity index (χ1v) is 7.20. The molecule has 4 rings (SSSR count). The fourth-order valence-corrected chi connectivity index (χ4v) is 4.88. The van der Waals surface area contributed by atoms with E-state index in [0.717, 1.165) is 11.6 Å². The van der Waals surface area contributed by atoms with Crippen LogP contribution in [0.4, 0.5) is 0 Å². The molecular formula is C14H24N2. The molecule has 0 aromatic carbocycles. The highest BCUT2D eigenvalue weighted by Gasteiger charge is 2.60. The first kappa shape index (κ1) is 9.90. The topological polar surface area (TPSA) is 6.48 Å². The molecule has 4 fully saturated rings. The van der Waals surface area contributed by atoms with E-state index in [9.17, 15) is 0 Å². The molecule has 2 spiro atoms. The molecule has 2 nitrogen and oxygen atoms in total. The van der Waals surface area contributed by atoms with Crippen molar-refractivity contribution < 1.29 is 0 Å². The second-order valence-corrected chi connectivity index (χ2v) is 6.93. The van der Waals surface area contributed by atoms with E-state index in [2.05, 4.69) is 16.8 Å². The van der Waals surface area contributed by atoms with Gasteiger partial charge in [-0.2, -0.15) is 0 Å². The largest absolute Gasteiger partial charge is 0.306 e. The summed E-state index contributed by atoms with van der Waals surface area (Å²) < 4.78 is 0. The van der Waals surface area contributed by atoms with Crippen LogP contribution < -0.4 is 0 Å². The molecule has 2 atom stereocenters. The van der Waals surface area contributed by atoms with Crippen molar-refractivity contribution in [3.8, 4) is 0 Å². The van der Waals surface area contributed by atoms with Gasteiger partial charge in [0.05, 0.1) is 0 Å². The van der Waals surface area contributed by atoms with Crippen LogP contribution in [0.25, 0.3) is 0 Å². The maximum absolute atomic E-state index is 2.95. The van der Waals surface area contributed by atoms with Crippen molar-refractivity contribution in [1.82, 2.24) is 9.80 Å². The van der Waals surface area contributed by atoms with E-state index in [1.165, 1.54) is 64.6 Å². The molecule has 4 aliphatic rings. The van der Waals surface area contributed by atoms with E-state index >= 15 is 0 Å². The van der Waals surface area contributed by atoms with Gasteiger partial charge in [-0.1, -0.05) is 0 Å². The molecule has 2 saturated carbocycles. The van der Waals surface area contributed by atoms with Gasteiger partial charge in [0.25, 0.3) is 0 Å². The minimum atomic E-state index is 0.717. The van der Waals surface area contributed by atoms with Gasteiger partial charge in [0.15, 0.2) is 0 Å². The van der Waals surface area contributed by atoms with Gasteiger partial charge in [-0.25, -0.2) is 0 Å². The van der Waals surface area contributed by atoms with Crippen LogP contribution in [-0.4, -0.2) is 48.1 Å². The molecule has 2 saturated heterocycles. The summed E-state index contributed by atoms with van der Waals surface area (Å²) in [4.78, 5) is 5.51. The zero-order chi connectivity index (χ0) is 10.8. The molecule has 0 radical (unpaired) electrons. The summed E-state index contributed by atoms with van der Waals surface area (Å²) >= 11 is 0. The van der Waals surface area contributed by atoms with E-state index in [4.69, 9.17) is 0 Å². The molecule has 16 heavy (non-hydrogen) atoms. The lowest BCUT2D eigenvalue weighted by Crippen LogP contribution is -2.58. The van der Waals surface area contributed by atoms with Crippen molar-refractivity contribution in [3.63, 3.8) is 0 Å². The number of rotatable bonds is 1. The standard InChI is InChI=1S/C14H24N2/c1-15-10-8-13(11-15)5-3-12(13)16-9-2-4-14(16)6-7-14/h12H,2-11H2,1H3. The first-order valence-electron chi connectivity index (χ1n) is 7.20. The quantitative estimate of drug-likeness (QED) is 0.668. The Morgan fingerprint density at radius 2 is 1.88 bits per heavy atom. The molecule has 2 aliphatic carbocycles. The maximum Gasteiger partial charge on any atom is 0.0214 e. The van der Waals surface area contributed by atoms with Crippen molar-refractivity contribution in [2.75, 3.05) is 26.7 Å². The van der Waals surface area contributed by atoms with Crippen molar-refractivity contribution in [2.24, 2.45) is 5.41 Å². The minimum absolute atomic E-state index is 0.717. The highest BCUT2D eigenvalue weighted by Crippen LogP contribution is 2.58. The van der Waals surface area contributed by atoms with Crippen LogP contribution in [0.1, 0.15) is 44.9 Å². The fraction of sp³-hybridized carbons (Fsp3) is 1.00. The molecule has 2 heteroatoms. The minimum Gasteiger partial charge on any atom is -0.306 e. The summed E-state index contributed by atoms with van der Waals surface area (Å²) in [6.07, 6.45) is 10.5. The van der Waals surface area contributed by atoms with Gasteiger partial charge in [-0.15, -0.1) is 0 Å². The number of nitrogens with zero attached hydrogens (tertiary/aromatic N) is 2. The Bertz CT molecular complexity index is 310. The molecule has 0 N–H and O–H groups in total. The lowest BCUT2D eigenvalue weighted by molar-refractivity contribution is -0.0315. The Morgan fingerprint density at radius 1 is 1.00 bits per heavy atom. The van der Waals surface area contributed by atoms with Gasteiger partial charge < -0.3 is 4.90 Å². The van der Waals surface area contributed by atoms with Crippen LogP contribution in [0.2, 0.25) is 0 Å². The van der Waals surface area contributed by atoms with Gasteiger partial charge in [0, 0.05) is 18.1 Å². The second kappa shape index (κ2) is 3.02. The van der Waals surface area contributed by atoms with E-state index < -0.39 is 0 Å². The third-order valence-electron chi connectivity index (χ3n) is 6.05. The third kappa shape index (κ3) is 1.15. The van der Waals surface area contributed by atoms with Gasteiger partial charge in [-0.3, -0.25) is 4.90 Å². The Morgan fingerprint density at radius 3 is 2.44 bits per heavy atom. The molecule has 2 heterocycles. The van der Waals surface area contributed by atoms with E-state index in [0.29, 0.717) is 5.41 Å². The summed E-state index contributed by atoms with van der Waals surface area (Å²) in [6, 6.07) is 0.961. The van der Waals surface area contributed by atoms with Crippen molar-refractivity contribution in [3.05, 3.63) is 0 Å². The molecule has 2 unspecified atom stereocenters. The molecule has 2 aliphatic heterocycles. The molecule has 90 valence electrons. The van der Waals surface area contributed by atoms with Crippen LogP contribution in [0, 0.1) is 5.41 Å². The Hall–Kier alpha value is -0.0800. The highest BCUT2D eigenvalue weighted by molar-refractivity contribution is 5.15. The Balaban J connectivity index is 1.56. The number of hydrogen-bond acceptors (Lipinski definition) is 2. The molecule has 0 aromatic rings. The summed E-state index contributed by atoms with van der Waals surface area (Å²) in [5.41, 5.74) is 1.44. The lowest BCUT2D eigenvalue weighted by atomic mass is 9.63. The van der Waals surface area contributed by atoms with Crippen LogP contribution >= 0.6 is 0 Å². The van der Waals surface area contributed by atoms with Crippen molar-refractivity contribution in [2.45, 2.75) is 56.5 Å². The predicted octanol–water partition coefficient (Wildman–Crippen LogP) is 2.10. The van der Waals surface area contributed by atoms with Gasteiger partial charge in [-0.05, 0) is 70.5 Å². The highest BCUT2D eigenvalue weighted by atomic mass is 15.3. The summed E-state index contributed by atoms with van der Waals surface area (Å²) in [7, 11) is 2.31. The van der Waals surface area contributed by atoms with E-state index in [-0.39, 0.29) is 0 Å². The molecular weight excluding hydrogens is 196 g/mol. The summed E-state index contributed by atoms with van der Waals surface area (Å²) in [5.74, 6) is 0. The van der Waals surface area contributed by atoms with E-state index in [1.807, 2.05) is 0 Å². The maximum atomic E-state index is 2.95. The molecule has 0 aromatic heterocycles. The zero-order valence-corrected chi connectivity index (χ0v) is 10.5. The predicted molar refractivity (Wildman–Crippen MR) is 65.5 cm³/mol. The molecule has 0 bridgehead atoms. The summed E-state index contributed by atoms with van der Waals surface area (Å²) in [5, 5.41) is 0. The number of likely N-dealkylation sites (tertiary alicyclic amines) is 2. The third-order valence-corrected chi connectivity index (χ3v) is 6.05. The van der Waals surface area contributed by atoms with Crippen LogP contribution in [0.15, 0.2) is 0 Å². The SMILES string of the molecule is CN1CCC2(CCC2N2CCCC23CC3)C1. The van der Waals surface area contributed by atoms with Gasteiger partial charge in [0.1, 0.15) is 0 Å². The Kier molecular flexibility index (Phi) is 1.87. The smallest absolute Gasteiger partial charge is 0.0214 e. The van der Waals surface area contributed by atoms with Gasteiger partial charge >= 0.3 is 0 Å².